The molecule has 0 spiro atoms. The Morgan fingerprint density at radius 1 is 1.26 bits per heavy atom. The fourth-order valence-corrected chi connectivity index (χ4v) is 3.37. The van der Waals surface area contributed by atoms with Gasteiger partial charge in [0, 0.05) is 44.1 Å². The molecule has 2 N–H and O–H groups in total. The third-order valence-corrected chi connectivity index (χ3v) is 4.91. The van der Waals surface area contributed by atoms with E-state index in [2.05, 4.69) is 56.7 Å². The minimum Gasteiger partial charge on any atom is -0.481 e. The average Bonchev–Trinajstić information content (AvgIpc) is 3.26. The van der Waals surface area contributed by atoms with Crippen molar-refractivity contribution in [2.24, 2.45) is 4.99 Å². The Morgan fingerprint density at radius 3 is 2.81 bits per heavy atom. The van der Waals surface area contributed by atoms with Crippen LogP contribution in [-0.4, -0.2) is 38.2 Å². The molecule has 0 bridgehead atoms. The molecular weight excluding hydrogens is 338 g/mol. The van der Waals surface area contributed by atoms with Gasteiger partial charge in [0.15, 0.2) is 5.96 Å². The maximum absolute atomic E-state index is 5.31. The second kappa shape index (κ2) is 9.26. The molecule has 1 aromatic carbocycles. The van der Waals surface area contributed by atoms with Crippen molar-refractivity contribution in [3.8, 4) is 5.88 Å². The summed E-state index contributed by atoms with van der Waals surface area (Å²) in [5, 5.41) is 6.81. The molecule has 1 fully saturated rings. The van der Waals surface area contributed by atoms with Crippen molar-refractivity contribution in [2.45, 2.75) is 32.4 Å². The number of rotatable bonds is 6. The quantitative estimate of drug-likeness (QED) is 0.607. The molecule has 6 nitrogen and oxygen atoms in total. The summed E-state index contributed by atoms with van der Waals surface area (Å²) in [4.78, 5) is 11.0. The van der Waals surface area contributed by atoms with Crippen LogP contribution in [0.2, 0.25) is 0 Å². The maximum Gasteiger partial charge on any atom is 0.218 e. The van der Waals surface area contributed by atoms with Crippen LogP contribution >= 0.6 is 0 Å². The van der Waals surface area contributed by atoms with Gasteiger partial charge in [-0.05, 0) is 43.5 Å². The molecule has 0 aliphatic carbocycles. The monoisotopic (exact) mass is 367 g/mol. The second-order valence-corrected chi connectivity index (χ2v) is 6.75. The number of nitrogens with one attached hydrogen (secondary N) is 2. The Hall–Kier alpha value is -2.76. The molecule has 1 aliphatic rings. The van der Waals surface area contributed by atoms with Crippen molar-refractivity contribution in [1.82, 2.24) is 15.6 Å². The largest absolute Gasteiger partial charge is 0.481 e. The zero-order valence-corrected chi connectivity index (χ0v) is 16.4. The number of anilines is 1. The van der Waals surface area contributed by atoms with Gasteiger partial charge in [0.25, 0.3) is 0 Å². The number of pyridine rings is 1. The highest BCUT2D eigenvalue weighted by atomic mass is 16.5. The molecule has 1 atom stereocenters. The standard InChI is InChI=1S/C21H29N5O/c1-16(17-8-6-10-19(14-17)26-12-4-5-13-26)25-21(22-2)24-15-18-9-7-11-23-20(18)27-3/h6-11,14,16H,4-5,12-13,15H2,1-3H3,(H2,22,24,25). The number of methoxy groups -OCH3 is 1. The van der Waals surface area contributed by atoms with E-state index in [-0.39, 0.29) is 6.04 Å². The summed E-state index contributed by atoms with van der Waals surface area (Å²) in [6, 6.07) is 12.8. The number of benzene rings is 1. The molecule has 2 aromatic rings. The average molecular weight is 367 g/mol. The van der Waals surface area contributed by atoms with Crippen molar-refractivity contribution in [3.05, 3.63) is 53.7 Å². The van der Waals surface area contributed by atoms with E-state index < -0.39 is 0 Å². The van der Waals surface area contributed by atoms with Crippen LogP contribution in [-0.2, 0) is 6.54 Å². The summed E-state index contributed by atoms with van der Waals surface area (Å²) >= 11 is 0. The van der Waals surface area contributed by atoms with Crippen molar-refractivity contribution in [2.75, 3.05) is 32.1 Å². The van der Waals surface area contributed by atoms with E-state index in [9.17, 15) is 0 Å². The lowest BCUT2D eigenvalue weighted by atomic mass is 10.1. The molecular formula is C21H29N5O. The Bertz CT molecular complexity index is 771. The van der Waals surface area contributed by atoms with Crippen molar-refractivity contribution in [1.29, 1.82) is 0 Å². The summed E-state index contributed by atoms with van der Waals surface area (Å²) in [5.41, 5.74) is 3.55. The number of guanidine groups is 1. The zero-order chi connectivity index (χ0) is 19.1. The normalized spacial score (nSPS) is 15.5. The molecule has 144 valence electrons. The number of hydrogen-bond donors (Lipinski definition) is 2. The van der Waals surface area contributed by atoms with Crippen molar-refractivity contribution < 1.29 is 4.74 Å². The highest BCUT2D eigenvalue weighted by Crippen LogP contribution is 2.24. The van der Waals surface area contributed by atoms with Crippen LogP contribution in [0.1, 0.15) is 36.9 Å². The van der Waals surface area contributed by atoms with Crippen molar-refractivity contribution >= 4 is 11.6 Å². The predicted octanol–water partition coefficient (Wildman–Crippen LogP) is 3.12. The predicted molar refractivity (Wildman–Crippen MR) is 110 cm³/mol. The van der Waals surface area contributed by atoms with Crippen LogP contribution in [0.4, 0.5) is 5.69 Å². The number of aromatic nitrogens is 1. The first-order valence-corrected chi connectivity index (χ1v) is 9.51. The highest BCUT2D eigenvalue weighted by Gasteiger charge is 2.14. The minimum atomic E-state index is 0.148. The molecule has 0 saturated carbocycles. The van der Waals surface area contributed by atoms with E-state index in [0.717, 1.165) is 24.6 Å². The second-order valence-electron chi connectivity index (χ2n) is 6.75. The van der Waals surface area contributed by atoms with E-state index in [4.69, 9.17) is 4.74 Å². The summed E-state index contributed by atoms with van der Waals surface area (Å²) in [5.74, 6) is 1.38. The van der Waals surface area contributed by atoms with Crippen LogP contribution < -0.4 is 20.3 Å². The SMILES string of the molecule is CN=C(NCc1cccnc1OC)NC(C)c1cccc(N2CCCC2)c1. The minimum absolute atomic E-state index is 0.148. The molecule has 2 heterocycles. The smallest absolute Gasteiger partial charge is 0.218 e. The van der Waals surface area contributed by atoms with Gasteiger partial charge >= 0.3 is 0 Å². The summed E-state index contributed by atoms with van der Waals surface area (Å²) in [7, 11) is 3.41. The van der Waals surface area contributed by atoms with Crippen LogP contribution in [0.15, 0.2) is 47.6 Å². The molecule has 1 saturated heterocycles. The third-order valence-electron chi connectivity index (χ3n) is 4.91. The zero-order valence-electron chi connectivity index (χ0n) is 16.4. The number of ether oxygens (including phenoxy) is 1. The van der Waals surface area contributed by atoms with E-state index in [1.807, 2.05) is 12.1 Å². The molecule has 1 unspecified atom stereocenters. The molecule has 3 rings (SSSR count). The van der Waals surface area contributed by atoms with Gasteiger partial charge in [0.2, 0.25) is 5.88 Å². The van der Waals surface area contributed by atoms with Gasteiger partial charge in [-0.3, -0.25) is 4.99 Å². The fourth-order valence-electron chi connectivity index (χ4n) is 3.37. The van der Waals surface area contributed by atoms with Gasteiger partial charge in [-0.25, -0.2) is 4.98 Å². The Labute approximate surface area is 161 Å². The first-order chi connectivity index (χ1) is 13.2. The van der Waals surface area contributed by atoms with Gasteiger partial charge in [0.05, 0.1) is 13.2 Å². The Balaban J connectivity index is 1.61. The lowest BCUT2D eigenvalue weighted by Gasteiger charge is -2.22. The van der Waals surface area contributed by atoms with E-state index in [1.54, 1.807) is 20.4 Å². The number of nitrogens with zero attached hydrogens (tertiary/aromatic N) is 3. The third kappa shape index (κ3) is 4.90. The molecule has 6 heteroatoms. The summed E-state index contributed by atoms with van der Waals surface area (Å²) in [6.45, 7) is 5.06. The topological polar surface area (TPSA) is 61.8 Å². The van der Waals surface area contributed by atoms with E-state index in [0.29, 0.717) is 12.4 Å². The van der Waals surface area contributed by atoms with Crippen molar-refractivity contribution in [3.63, 3.8) is 0 Å². The lowest BCUT2D eigenvalue weighted by Crippen LogP contribution is -2.38. The van der Waals surface area contributed by atoms with Crippen LogP contribution in [0, 0.1) is 0 Å². The van der Waals surface area contributed by atoms with Crippen LogP contribution in [0.3, 0.4) is 0 Å². The van der Waals surface area contributed by atoms with Crippen LogP contribution in [0.25, 0.3) is 0 Å². The van der Waals surface area contributed by atoms with Gasteiger partial charge < -0.3 is 20.3 Å². The fraction of sp³-hybridized carbons (Fsp3) is 0.429. The van der Waals surface area contributed by atoms with Gasteiger partial charge in [-0.15, -0.1) is 0 Å². The molecule has 27 heavy (non-hydrogen) atoms. The highest BCUT2D eigenvalue weighted by molar-refractivity contribution is 5.80. The molecule has 0 amide bonds. The van der Waals surface area contributed by atoms with Gasteiger partial charge in [-0.2, -0.15) is 0 Å². The number of hydrogen-bond acceptors (Lipinski definition) is 4. The molecule has 1 aliphatic heterocycles. The Kier molecular flexibility index (Phi) is 6.52. The van der Waals surface area contributed by atoms with E-state index in [1.165, 1.54) is 24.1 Å². The van der Waals surface area contributed by atoms with Crippen LogP contribution in [0.5, 0.6) is 5.88 Å². The molecule has 1 aromatic heterocycles. The number of aliphatic imine (C=N–C) groups is 1. The Morgan fingerprint density at radius 2 is 2.07 bits per heavy atom. The summed E-state index contributed by atoms with van der Waals surface area (Å²) in [6.07, 6.45) is 4.30. The first-order valence-electron chi connectivity index (χ1n) is 9.51. The first kappa shape index (κ1) is 19.0. The molecule has 0 radical (unpaired) electrons. The lowest BCUT2D eigenvalue weighted by molar-refractivity contribution is 0.392. The summed E-state index contributed by atoms with van der Waals surface area (Å²) < 4.78 is 5.31. The maximum atomic E-state index is 5.31. The van der Waals surface area contributed by atoms with E-state index >= 15 is 0 Å². The van der Waals surface area contributed by atoms with Gasteiger partial charge in [0.1, 0.15) is 0 Å². The van der Waals surface area contributed by atoms with Gasteiger partial charge in [-0.1, -0.05) is 18.2 Å².